The number of nitrogens with zero attached hydrogens (tertiary/aromatic N) is 1. The Morgan fingerprint density at radius 1 is 1.31 bits per heavy atom. The molecule has 3 nitrogen and oxygen atoms in total. The topological polar surface area (TPSA) is 43.7 Å². The molecule has 0 aromatic heterocycles. The molecule has 0 radical (unpaired) electrons. The maximum absolute atomic E-state index is 9.36. The number of phenolic OH excluding ortho intramolecular Hbond substituents is 1. The second-order valence-corrected chi connectivity index (χ2v) is 4.58. The fourth-order valence-electron chi connectivity index (χ4n) is 2.35. The van der Waals surface area contributed by atoms with Gasteiger partial charge in [-0.3, -0.25) is 0 Å². The second kappa shape index (κ2) is 4.74. The summed E-state index contributed by atoms with van der Waals surface area (Å²) in [5, 5.41) is 18.5. The fraction of sp³-hybridized carbons (Fsp3) is 0.538. The van der Waals surface area contributed by atoms with E-state index >= 15 is 0 Å². The van der Waals surface area contributed by atoms with Crippen molar-refractivity contribution in [2.45, 2.75) is 19.8 Å². The molecule has 0 atom stereocenters. The van der Waals surface area contributed by atoms with Crippen LogP contribution in [0.1, 0.15) is 18.4 Å². The van der Waals surface area contributed by atoms with Gasteiger partial charge in [-0.1, -0.05) is 0 Å². The van der Waals surface area contributed by atoms with Crippen molar-refractivity contribution in [1.82, 2.24) is 0 Å². The van der Waals surface area contributed by atoms with Crippen molar-refractivity contribution in [3.63, 3.8) is 0 Å². The minimum atomic E-state index is 0.308. The highest BCUT2D eigenvalue weighted by molar-refractivity contribution is 5.55. The van der Waals surface area contributed by atoms with E-state index in [2.05, 4.69) is 4.90 Å². The first-order valence-electron chi connectivity index (χ1n) is 5.86. The van der Waals surface area contributed by atoms with E-state index in [1.807, 2.05) is 13.0 Å². The first-order valence-corrected chi connectivity index (χ1v) is 5.86. The van der Waals surface area contributed by atoms with Gasteiger partial charge >= 0.3 is 0 Å². The van der Waals surface area contributed by atoms with E-state index in [4.69, 9.17) is 5.11 Å². The highest BCUT2D eigenvalue weighted by Crippen LogP contribution is 2.28. The Labute approximate surface area is 96.3 Å². The molecular weight excluding hydrogens is 202 g/mol. The van der Waals surface area contributed by atoms with Gasteiger partial charge in [-0.15, -0.1) is 0 Å². The van der Waals surface area contributed by atoms with Gasteiger partial charge in [0.15, 0.2) is 0 Å². The summed E-state index contributed by atoms with van der Waals surface area (Å²) in [5.41, 5.74) is 2.32. The summed E-state index contributed by atoms with van der Waals surface area (Å²) in [6.07, 6.45) is 2.10. The summed E-state index contributed by atoms with van der Waals surface area (Å²) in [5.74, 6) is 0.792. The summed E-state index contributed by atoms with van der Waals surface area (Å²) < 4.78 is 0. The Hall–Kier alpha value is -1.22. The number of piperidine rings is 1. The Morgan fingerprint density at radius 2 is 2.00 bits per heavy atom. The quantitative estimate of drug-likeness (QED) is 0.801. The van der Waals surface area contributed by atoms with Crippen LogP contribution in [0.15, 0.2) is 18.2 Å². The van der Waals surface area contributed by atoms with Crippen LogP contribution >= 0.6 is 0 Å². The van der Waals surface area contributed by atoms with E-state index in [1.54, 1.807) is 12.1 Å². The number of aliphatic hydroxyl groups is 1. The Bertz CT molecular complexity index is 357. The smallest absolute Gasteiger partial charge is 0.115 e. The highest BCUT2D eigenvalue weighted by atomic mass is 16.3. The summed E-state index contributed by atoms with van der Waals surface area (Å²) in [6.45, 7) is 4.32. The van der Waals surface area contributed by atoms with Gasteiger partial charge in [-0.05, 0) is 49.4 Å². The molecular formula is C13H19NO2. The minimum Gasteiger partial charge on any atom is -0.508 e. The lowest BCUT2D eigenvalue weighted by atomic mass is 9.97. The van der Waals surface area contributed by atoms with Crippen molar-refractivity contribution in [1.29, 1.82) is 0 Å². The number of rotatable bonds is 2. The van der Waals surface area contributed by atoms with Gasteiger partial charge in [0.1, 0.15) is 5.75 Å². The third kappa shape index (κ3) is 2.30. The van der Waals surface area contributed by atoms with E-state index in [9.17, 15) is 5.11 Å². The van der Waals surface area contributed by atoms with Gasteiger partial charge in [-0.25, -0.2) is 0 Å². The van der Waals surface area contributed by atoms with E-state index < -0.39 is 0 Å². The van der Waals surface area contributed by atoms with Crippen molar-refractivity contribution in [3.8, 4) is 5.75 Å². The molecule has 1 heterocycles. The van der Waals surface area contributed by atoms with Crippen molar-refractivity contribution in [3.05, 3.63) is 23.8 Å². The number of hydrogen-bond donors (Lipinski definition) is 2. The number of benzene rings is 1. The molecule has 1 aromatic carbocycles. The van der Waals surface area contributed by atoms with E-state index in [0.717, 1.165) is 31.5 Å². The van der Waals surface area contributed by atoms with Crippen LogP contribution in [0.3, 0.4) is 0 Å². The van der Waals surface area contributed by atoms with Gasteiger partial charge in [0.25, 0.3) is 0 Å². The molecule has 0 spiro atoms. The molecule has 1 fully saturated rings. The Kier molecular flexibility index (Phi) is 3.34. The molecule has 0 amide bonds. The maximum atomic E-state index is 9.36. The Morgan fingerprint density at radius 3 is 2.56 bits per heavy atom. The first kappa shape index (κ1) is 11.3. The molecule has 0 aliphatic carbocycles. The molecule has 1 aliphatic rings. The van der Waals surface area contributed by atoms with Crippen LogP contribution in [0.2, 0.25) is 0 Å². The molecule has 1 saturated heterocycles. The largest absolute Gasteiger partial charge is 0.508 e. The van der Waals surface area contributed by atoms with Gasteiger partial charge < -0.3 is 15.1 Å². The maximum Gasteiger partial charge on any atom is 0.115 e. The first-order chi connectivity index (χ1) is 7.70. The number of anilines is 1. The average molecular weight is 221 g/mol. The van der Waals surface area contributed by atoms with Gasteiger partial charge in [0, 0.05) is 25.4 Å². The number of phenols is 1. The van der Waals surface area contributed by atoms with Gasteiger partial charge in [-0.2, -0.15) is 0 Å². The van der Waals surface area contributed by atoms with Crippen LogP contribution in [0.25, 0.3) is 0 Å². The predicted octanol–water partition coefficient (Wildman–Crippen LogP) is 1.91. The second-order valence-electron chi connectivity index (χ2n) is 4.58. The molecule has 1 aromatic rings. The van der Waals surface area contributed by atoms with Crippen LogP contribution in [-0.4, -0.2) is 29.9 Å². The van der Waals surface area contributed by atoms with E-state index in [-0.39, 0.29) is 0 Å². The third-order valence-electron chi connectivity index (χ3n) is 3.39. The monoisotopic (exact) mass is 221 g/mol. The summed E-state index contributed by atoms with van der Waals surface area (Å²) in [6, 6.07) is 5.51. The average Bonchev–Trinajstić information content (AvgIpc) is 2.29. The standard InChI is InChI=1S/C13H19NO2/c1-10-8-12(16)2-3-13(10)14-6-4-11(9-15)5-7-14/h2-3,8,11,15-16H,4-7,9H2,1H3. The lowest BCUT2D eigenvalue weighted by molar-refractivity contribution is 0.203. The van der Waals surface area contributed by atoms with Gasteiger partial charge in [0.2, 0.25) is 0 Å². The molecule has 3 heteroatoms. The summed E-state index contributed by atoms with van der Waals surface area (Å²) >= 11 is 0. The third-order valence-corrected chi connectivity index (χ3v) is 3.39. The van der Waals surface area contributed by atoms with Crippen LogP contribution in [0.5, 0.6) is 5.75 Å². The molecule has 1 aliphatic heterocycles. The molecule has 0 unspecified atom stereocenters. The van der Waals surface area contributed by atoms with Gasteiger partial charge in [0.05, 0.1) is 0 Å². The molecule has 0 saturated carbocycles. The zero-order chi connectivity index (χ0) is 11.5. The van der Waals surface area contributed by atoms with Crippen molar-refractivity contribution < 1.29 is 10.2 Å². The summed E-state index contributed by atoms with van der Waals surface area (Å²) in [7, 11) is 0. The van der Waals surface area contributed by atoms with E-state index in [1.165, 1.54) is 5.69 Å². The van der Waals surface area contributed by atoms with Crippen molar-refractivity contribution >= 4 is 5.69 Å². The molecule has 0 bridgehead atoms. The number of aliphatic hydroxyl groups excluding tert-OH is 1. The molecule has 16 heavy (non-hydrogen) atoms. The molecule has 2 N–H and O–H groups in total. The predicted molar refractivity (Wildman–Crippen MR) is 64.9 cm³/mol. The van der Waals surface area contributed by atoms with Crippen molar-refractivity contribution in [2.75, 3.05) is 24.6 Å². The fourth-order valence-corrected chi connectivity index (χ4v) is 2.35. The number of aryl methyl sites for hydroxylation is 1. The normalized spacial score (nSPS) is 17.8. The van der Waals surface area contributed by atoms with Crippen LogP contribution in [0.4, 0.5) is 5.69 Å². The van der Waals surface area contributed by atoms with Crippen LogP contribution in [-0.2, 0) is 0 Å². The zero-order valence-corrected chi connectivity index (χ0v) is 9.69. The highest BCUT2D eigenvalue weighted by Gasteiger charge is 2.19. The SMILES string of the molecule is Cc1cc(O)ccc1N1CCC(CO)CC1. The zero-order valence-electron chi connectivity index (χ0n) is 9.69. The number of hydrogen-bond acceptors (Lipinski definition) is 3. The lowest BCUT2D eigenvalue weighted by Crippen LogP contribution is -2.35. The minimum absolute atomic E-state index is 0.308. The van der Waals surface area contributed by atoms with Crippen LogP contribution in [0, 0.1) is 12.8 Å². The molecule has 2 rings (SSSR count). The van der Waals surface area contributed by atoms with Crippen molar-refractivity contribution in [2.24, 2.45) is 5.92 Å². The Balaban J connectivity index is 2.08. The van der Waals surface area contributed by atoms with Crippen LogP contribution < -0.4 is 4.90 Å². The lowest BCUT2D eigenvalue weighted by Gasteiger charge is -2.33. The van der Waals surface area contributed by atoms with E-state index in [0.29, 0.717) is 18.3 Å². The number of aromatic hydroxyl groups is 1. The summed E-state index contributed by atoms with van der Waals surface area (Å²) in [4.78, 5) is 2.33. The molecule has 88 valence electrons.